The van der Waals surface area contributed by atoms with Gasteiger partial charge in [-0.1, -0.05) is 12.8 Å². The van der Waals surface area contributed by atoms with Gasteiger partial charge in [0.25, 0.3) is 0 Å². The van der Waals surface area contributed by atoms with Crippen molar-refractivity contribution in [2.75, 3.05) is 5.32 Å². The van der Waals surface area contributed by atoms with Crippen LogP contribution in [-0.2, 0) is 0 Å². The van der Waals surface area contributed by atoms with Gasteiger partial charge < -0.3 is 16.2 Å². The summed E-state index contributed by atoms with van der Waals surface area (Å²) in [5.41, 5.74) is 6.00. The standard InChI is InChI=1S/C11H17N3O/c12-8-4-1-2-5-9(8)14-11-10(15)6-3-7-13-11/h3,6-9,15H,1-2,4-5,12H2,(H,13,14)/t8-,9-/m0/s1. The molecule has 4 N–H and O–H groups in total. The largest absolute Gasteiger partial charge is 0.504 e. The zero-order valence-corrected chi connectivity index (χ0v) is 8.69. The van der Waals surface area contributed by atoms with Crippen LogP contribution in [0.4, 0.5) is 5.82 Å². The first kappa shape index (κ1) is 10.2. The average Bonchev–Trinajstić information content (AvgIpc) is 2.24. The van der Waals surface area contributed by atoms with Crippen molar-refractivity contribution in [1.29, 1.82) is 0 Å². The molecule has 2 atom stereocenters. The summed E-state index contributed by atoms with van der Waals surface area (Å²) >= 11 is 0. The molecule has 82 valence electrons. The third-order valence-electron chi connectivity index (χ3n) is 2.93. The van der Waals surface area contributed by atoms with Gasteiger partial charge in [-0.25, -0.2) is 4.98 Å². The summed E-state index contributed by atoms with van der Waals surface area (Å²) in [5.74, 6) is 0.732. The number of pyridine rings is 1. The van der Waals surface area contributed by atoms with E-state index in [1.165, 1.54) is 12.8 Å². The summed E-state index contributed by atoms with van der Waals surface area (Å²) in [7, 11) is 0. The number of anilines is 1. The molecule has 1 aliphatic rings. The Morgan fingerprint density at radius 1 is 1.40 bits per heavy atom. The lowest BCUT2D eigenvalue weighted by Crippen LogP contribution is -2.42. The van der Waals surface area contributed by atoms with E-state index in [1.807, 2.05) is 0 Å². The summed E-state index contributed by atoms with van der Waals surface area (Å²) in [6.45, 7) is 0. The lowest BCUT2D eigenvalue weighted by atomic mass is 9.91. The number of nitrogens with zero attached hydrogens (tertiary/aromatic N) is 1. The Labute approximate surface area is 89.5 Å². The van der Waals surface area contributed by atoms with Gasteiger partial charge in [0.05, 0.1) is 0 Å². The van der Waals surface area contributed by atoms with Crippen molar-refractivity contribution < 1.29 is 5.11 Å². The van der Waals surface area contributed by atoms with Gasteiger partial charge >= 0.3 is 0 Å². The second-order valence-electron chi connectivity index (χ2n) is 4.07. The lowest BCUT2D eigenvalue weighted by Gasteiger charge is -2.29. The molecule has 0 unspecified atom stereocenters. The molecule has 1 aromatic rings. The zero-order chi connectivity index (χ0) is 10.7. The Kier molecular flexibility index (Phi) is 3.06. The second-order valence-corrected chi connectivity index (χ2v) is 4.07. The monoisotopic (exact) mass is 207 g/mol. The molecule has 0 saturated heterocycles. The predicted molar refractivity (Wildman–Crippen MR) is 59.8 cm³/mol. The normalized spacial score (nSPS) is 26.2. The van der Waals surface area contributed by atoms with E-state index in [1.54, 1.807) is 18.3 Å². The molecule has 1 fully saturated rings. The van der Waals surface area contributed by atoms with Crippen LogP contribution in [0.15, 0.2) is 18.3 Å². The van der Waals surface area contributed by atoms with Crippen molar-refractivity contribution in [3.63, 3.8) is 0 Å². The molecule has 0 aromatic carbocycles. The van der Waals surface area contributed by atoms with Crippen molar-refractivity contribution in [2.24, 2.45) is 5.73 Å². The minimum Gasteiger partial charge on any atom is -0.504 e. The van der Waals surface area contributed by atoms with Gasteiger partial charge in [0.2, 0.25) is 0 Å². The zero-order valence-electron chi connectivity index (χ0n) is 8.69. The van der Waals surface area contributed by atoms with Crippen molar-refractivity contribution >= 4 is 5.82 Å². The summed E-state index contributed by atoms with van der Waals surface area (Å²) in [4.78, 5) is 4.09. The highest BCUT2D eigenvalue weighted by Crippen LogP contribution is 2.24. The first-order valence-corrected chi connectivity index (χ1v) is 5.43. The van der Waals surface area contributed by atoms with Crippen LogP contribution >= 0.6 is 0 Å². The Morgan fingerprint density at radius 3 is 2.93 bits per heavy atom. The fraction of sp³-hybridized carbons (Fsp3) is 0.545. The van der Waals surface area contributed by atoms with Crippen LogP contribution in [0.25, 0.3) is 0 Å². The minimum absolute atomic E-state index is 0.167. The Hall–Kier alpha value is -1.29. The maximum atomic E-state index is 9.56. The third-order valence-corrected chi connectivity index (χ3v) is 2.93. The summed E-state index contributed by atoms with van der Waals surface area (Å²) in [5, 5.41) is 12.8. The number of hydrogen-bond donors (Lipinski definition) is 3. The maximum absolute atomic E-state index is 9.56. The molecule has 4 nitrogen and oxygen atoms in total. The Balaban J connectivity index is 2.04. The molecule has 4 heteroatoms. The molecular weight excluding hydrogens is 190 g/mol. The summed E-state index contributed by atoms with van der Waals surface area (Å²) in [6, 6.07) is 3.74. The molecule has 0 radical (unpaired) electrons. The molecule has 15 heavy (non-hydrogen) atoms. The van der Waals surface area contributed by atoms with Gasteiger partial charge in [-0.3, -0.25) is 0 Å². The molecule has 1 saturated carbocycles. The average molecular weight is 207 g/mol. The molecule has 1 heterocycles. The second kappa shape index (κ2) is 4.49. The van der Waals surface area contributed by atoms with Crippen LogP contribution in [-0.4, -0.2) is 22.2 Å². The van der Waals surface area contributed by atoms with Crippen LogP contribution in [0.5, 0.6) is 5.75 Å². The van der Waals surface area contributed by atoms with Gasteiger partial charge in [0.1, 0.15) is 0 Å². The lowest BCUT2D eigenvalue weighted by molar-refractivity contribution is 0.400. The molecule has 0 bridgehead atoms. The van der Waals surface area contributed by atoms with E-state index in [4.69, 9.17) is 5.73 Å². The minimum atomic E-state index is 0.167. The van der Waals surface area contributed by atoms with Crippen LogP contribution in [0.1, 0.15) is 25.7 Å². The quantitative estimate of drug-likeness (QED) is 0.686. The van der Waals surface area contributed by atoms with Gasteiger partial charge in [-0.2, -0.15) is 0 Å². The number of aromatic nitrogens is 1. The highest BCUT2D eigenvalue weighted by molar-refractivity contribution is 5.49. The highest BCUT2D eigenvalue weighted by atomic mass is 16.3. The number of rotatable bonds is 2. The van der Waals surface area contributed by atoms with Gasteiger partial charge in [0, 0.05) is 18.3 Å². The van der Waals surface area contributed by atoms with Crippen LogP contribution in [0.2, 0.25) is 0 Å². The number of nitrogens with two attached hydrogens (primary N) is 1. The molecule has 0 aliphatic heterocycles. The fourth-order valence-corrected chi connectivity index (χ4v) is 2.02. The van der Waals surface area contributed by atoms with E-state index in [9.17, 15) is 5.11 Å². The molecule has 1 aliphatic carbocycles. The van der Waals surface area contributed by atoms with E-state index in [2.05, 4.69) is 10.3 Å². The molecule has 0 amide bonds. The first-order chi connectivity index (χ1) is 7.27. The van der Waals surface area contributed by atoms with Crippen LogP contribution < -0.4 is 11.1 Å². The number of aromatic hydroxyl groups is 1. The van der Waals surface area contributed by atoms with E-state index in [-0.39, 0.29) is 17.8 Å². The number of nitrogens with one attached hydrogen (secondary N) is 1. The smallest absolute Gasteiger partial charge is 0.168 e. The van der Waals surface area contributed by atoms with E-state index < -0.39 is 0 Å². The van der Waals surface area contributed by atoms with Crippen molar-refractivity contribution in [1.82, 2.24) is 4.98 Å². The number of hydrogen-bond acceptors (Lipinski definition) is 4. The highest BCUT2D eigenvalue weighted by Gasteiger charge is 2.22. The van der Waals surface area contributed by atoms with Gasteiger partial charge in [0.15, 0.2) is 11.6 Å². The molecular formula is C11H17N3O. The SMILES string of the molecule is N[C@H]1CCCC[C@@H]1Nc1ncccc1O. The van der Waals surface area contributed by atoms with Crippen LogP contribution in [0, 0.1) is 0 Å². The van der Waals surface area contributed by atoms with Crippen molar-refractivity contribution in [3.8, 4) is 5.75 Å². The van der Waals surface area contributed by atoms with E-state index in [0.29, 0.717) is 5.82 Å². The summed E-state index contributed by atoms with van der Waals surface area (Å²) in [6.07, 6.45) is 6.16. The maximum Gasteiger partial charge on any atom is 0.168 e. The topological polar surface area (TPSA) is 71.2 Å². The Morgan fingerprint density at radius 2 is 2.20 bits per heavy atom. The molecule has 1 aromatic heterocycles. The Bertz CT molecular complexity index is 329. The van der Waals surface area contributed by atoms with Crippen molar-refractivity contribution in [3.05, 3.63) is 18.3 Å². The van der Waals surface area contributed by atoms with Crippen molar-refractivity contribution in [2.45, 2.75) is 37.8 Å². The first-order valence-electron chi connectivity index (χ1n) is 5.43. The molecule has 0 spiro atoms. The van der Waals surface area contributed by atoms with E-state index in [0.717, 1.165) is 12.8 Å². The summed E-state index contributed by atoms with van der Waals surface area (Å²) < 4.78 is 0. The molecule has 2 rings (SSSR count). The third kappa shape index (κ3) is 2.39. The van der Waals surface area contributed by atoms with Gasteiger partial charge in [-0.15, -0.1) is 0 Å². The predicted octanol–water partition coefficient (Wildman–Crippen LogP) is 1.47. The van der Waals surface area contributed by atoms with Crippen LogP contribution in [0.3, 0.4) is 0 Å². The fourth-order valence-electron chi connectivity index (χ4n) is 2.02. The van der Waals surface area contributed by atoms with Gasteiger partial charge in [-0.05, 0) is 25.0 Å². The van der Waals surface area contributed by atoms with E-state index >= 15 is 0 Å².